The molecule has 0 radical (unpaired) electrons. The van der Waals surface area contributed by atoms with E-state index in [1.165, 1.54) is 16.8 Å². The number of carbonyl (C=O) groups is 1. The number of hydrogen-bond acceptors (Lipinski definition) is 4. The molecule has 0 spiro atoms. The lowest BCUT2D eigenvalue weighted by molar-refractivity contribution is -0.144. The zero-order valence-electron chi connectivity index (χ0n) is 17.0. The van der Waals surface area contributed by atoms with Gasteiger partial charge >= 0.3 is 6.18 Å². The molecule has 0 bridgehead atoms. The fourth-order valence-electron chi connectivity index (χ4n) is 3.07. The van der Waals surface area contributed by atoms with E-state index in [0.717, 1.165) is 12.6 Å². The number of imidazole rings is 1. The molecule has 32 heavy (non-hydrogen) atoms. The average Bonchev–Trinajstić information content (AvgIpc) is 3.12. The summed E-state index contributed by atoms with van der Waals surface area (Å²) >= 11 is 0. The molecule has 6 nitrogen and oxygen atoms in total. The fraction of sp³-hybridized carbons (Fsp3) is 0.632. The highest BCUT2D eigenvalue weighted by Gasteiger charge is 2.31. The Morgan fingerprint density at radius 1 is 1.22 bits per heavy atom. The van der Waals surface area contributed by atoms with Gasteiger partial charge in [-0.3, -0.25) is 4.79 Å². The topological polar surface area (TPSA) is 85.3 Å². The maximum absolute atomic E-state index is 13.2. The highest BCUT2D eigenvalue weighted by atomic mass is 19.4. The largest absolute Gasteiger partial charge is 0.389 e. The van der Waals surface area contributed by atoms with E-state index in [2.05, 4.69) is 10.1 Å². The molecule has 1 saturated carbocycles. The van der Waals surface area contributed by atoms with Crippen LogP contribution in [0.3, 0.4) is 0 Å². The van der Waals surface area contributed by atoms with Gasteiger partial charge in [0.2, 0.25) is 11.8 Å². The van der Waals surface area contributed by atoms with E-state index in [9.17, 15) is 35.5 Å². The Morgan fingerprint density at radius 2 is 1.88 bits per heavy atom. The minimum Gasteiger partial charge on any atom is -0.344 e. The van der Waals surface area contributed by atoms with Crippen molar-refractivity contribution in [3.05, 3.63) is 29.7 Å². The Kier molecular flexibility index (Phi) is 8.81. The molecule has 0 aliphatic heterocycles. The third-order valence-electron chi connectivity index (χ3n) is 4.75. The van der Waals surface area contributed by atoms with Crippen LogP contribution in [-0.4, -0.2) is 39.0 Å². The maximum atomic E-state index is 13.2. The summed E-state index contributed by atoms with van der Waals surface area (Å²) < 4.78 is 88.3. The number of carbonyl (C=O) groups excluding carboxylic acids is 1. The number of rotatable bonds is 6. The van der Waals surface area contributed by atoms with E-state index in [-0.39, 0.29) is 30.6 Å². The van der Waals surface area contributed by atoms with Crippen LogP contribution in [0.5, 0.6) is 0 Å². The molecule has 2 aromatic rings. The van der Waals surface area contributed by atoms with Crippen molar-refractivity contribution in [1.29, 1.82) is 0 Å². The third kappa shape index (κ3) is 8.24. The van der Waals surface area contributed by atoms with Gasteiger partial charge in [0.15, 0.2) is 5.65 Å². The quantitative estimate of drug-likeness (QED) is 0.606. The van der Waals surface area contributed by atoms with E-state index >= 15 is 0 Å². The molecule has 1 aliphatic carbocycles. The Balaban J connectivity index is 0.000000380. The number of amides is 1. The van der Waals surface area contributed by atoms with Gasteiger partial charge in [-0.2, -0.15) is 18.3 Å². The number of aromatic nitrogens is 3. The number of nitrogens with zero attached hydrogens (tertiary/aromatic N) is 3. The van der Waals surface area contributed by atoms with Crippen LogP contribution in [0.4, 0.5) is 30.7 Å². The molecule has 2 aromatic heterocycles. The summed E-state index contributed by atoms with van der Waals surface area (Å²) in [6.07, 6.45) is -4.60. The summed E-state index contributed by atoms with van der Waals surface area (Å²) in [7, 11) is 0. The molecule has 1 fully saturated rings. The number of nitrogens with one attached hydrogen (secondary N) is 1. The fourth-order valence-corrected chi connectivity index (χ4v) is 3.07. The molecule has 0 aromatic carbocycles. The van der Waals surface area contributed by atoms with E-state index in [0.29, 0.717) is 18.5 Å². The van der Waals surface area contributed by atoms with Gasteiger partial charge in [0, 0.05) is 31.4 Å². The summed E-state index contributed by atoms with van der Waals surface area (Å²) in [6, 6.07) is -0.506. The smallest absolute Gasteiger partial charge is 0.344 e. The first-order valence-corrected chi connectivity index (χ1v) is 9.96. The second-order valence-corrected chi connectivity index (χ2v) is 7.44. The van der Waals surface area contributed by atoms with E-state index < -0.39 is 43.3 Å². The Morgan fingerprint density at radius 3 is 2.38 bits per heavy atom. The Hall–Kier alpha value is -2.44. The highest BCUT2D eigenvalue weighted by Crippen LogP contribution is 2.32. The molecule has 13 heteroatoms. The summed E-state index contributed by atoms with van der Waals surface area (Å²) in [5.41, 5.74) is 6.09. The number of halogens is 7. The number of alkyl halides is 7. The lowest BCUT2D eigenvalue weighted by atomic mass is 9.97. The van der Waals surface area contributed by atoms with Crippen LogP contribution in [0.2, 0.25) is 0 Å². The van der Waals surface area contributed by atoms with Gasteiger partial charge in [0.1, 0.15) is 6.04 Å². The Labute approximate surface area is 179 Å². The van der Waals surface area contributed by atoms with Crippen LogP contribution < -0.4 is 11.1 Å². The van der Waals surface area contributed by atoms with Crippen LogP contribution in [0.15, 0.2) is 18.5 Å². The van der Waals surface area contributed by atoms with Crippen LogP contribution in [-0.2, 0) is 11.3 Å². The van der Waals surface area contributed by atoms with Gasteiger partial charge in [-0.1, -0.05) is 6.42 Å². The zero-order valence-corrected chi connectivity index (χ0v) is 17.0. The van der Waals surface area contributed by atoms with Crippen molar-refractivity contribution in [3.63, 3.8) is 0 Å². The predicted molar refractivity (Wildman–Crippen MR) is 101 cm³/mol. The van der Waals surface area contributed by atoms with Crippen LogP contribution >= 0.6 is 0 Å². The minimum atomic E-state index is -4.54. The first-order chi connectivity index (χ1) is 14.9. The molecule has 1 aliphatic rings. The first-order valence-electron chi connectivity index (χ1n) is 9.96. The zero-order chi connectivity index (χ0) is 23.9. The third-order valence-corrected chi connectivity index (χ3v) is 4.75. The van der Waals surface area contributed by atoms with Crippen molar-refractivity contribution in [3.8, 4) is 0 Å². The van der Waals surface area contributed by atoms with Crippen molar-refractivity contribution in [2.75, 3.05) is 0 Å². The summed E-state index contributed by atoms with van der Waals surface area (Å²) in [4.78, 5) is 15.5. The monoisotopic (exact) mass is 471 g/mol. The van der Waals surface area contributed by atoms with E-state index in [1.807, 2.05) is 5.32 Å². The standard InChI is InChI=1S/C13H14F5N5O.C6H10F2/c14-12(15)11(22-10(24)1-2-13(16,17)18)7-3-9-21-8(4-19)6-23(9)20-5-7;7-6(8)4-2-1-3-5-6/h3,5-6,11-12H,1-2,4,19H2,(H,22,24);1-5H2. The summed E-state index contributed by atoms with van der Waals surface area (Å²) in [5.74, 6) is -3.44. The summed E-state index contributed by atoms with van der Waals surface area (Å²) in [5, 5.41) is 5.78. The molecular weight excluding hydrogens is 447 g/mol. The Bertz CT molecular complexity index is 877. The molecule has 1 amide bonds. The molecule has 1 atom stereocenters. The molecular formula is C19H24F7N5O. The second-order valence-electron chi connectivity index (χ2n) is 7.44. The van der Waals surface area contributed by atoms with Gasteiger partial charge in [0.25, 0.3) is 6.43 Å². The van der Waals surface area contributed by atoms with Gasteiger partial charge in [-0.05, 0) is 18.9 Å². The van der Waals surface area contributed by atoms with Crippen molar-refractivity contribution >= 4 is 11.6 Å². The van der Waals surface area contributed by atoms with Crippen molar-refractivity contribution in [2.45, 2.75) is 76.1 Å². The SMILES string of the molecule is FC1(F)CCCCC1.NCc1cn2ncc(C(NC(=O)CCC(F)(F)F)C(F)F)cc2n1. The molecule has 180 valence electrons. The number of hydrogen-bond donors (Lipinski definition) is 2. The van der Waals surface area contributed by atoms with Crippen LogP contribution in [0, 0.1) is 0 Å². The first kappa shape index (κ1) is 25.8. The van der Waals surface area contributed by atoms with Crippen molar-refractivity contribution < 1.29 is 35.5 Å². The van der Waals surface area contributed by atoms with Crippen molar-refractivity contribution in [2.24, 2.45) is 5.73 Å². The lowest BCUT2D eigenvalue weighted by Gasteiger charge is -2.20. The van der Waals surface area contributed by atoms with Gasteiger partial charge in [-0.15, -0.1) is 0 Å². The maximum Gasteiger partial charge on any atom is 0.389 e. The molecule has 3 rings (SSSR count). The average molecular weight is 471 g/mol. The molecule has 1 unspecified atom stereocenters. The van der Waals surface area contributed by atoms with Gasteiger partial charge < -0.3 is 11.1 Å². The van der Waals surface area contributed by atoms with Gasteiger partial charge in [0.05, 0.1) is 24.5 Å². The second kappa shape index (κ2) is 10.9. The van der Waals surface area contributed by atoms with E-state index in [4.69, 9.17) is 5.73 Å². The summed E-state index contributed by atoms with van der Waals surface area (Å²) in [6.45, 7) is 0.130. The highest BCUT2D eigenvalue weighted by molar-refractivity contribution is 5.76. The molecule has 0 saturated heterocycles. The van der Waals surface area contributed by atoms with Crippen LogP contribution in [0.25, 0.3) is 5.65 Å². The van der Waals surface area contributed by atoms with Crippen molar-refractivity contribution in [1.82, 2.24) is 19.9 Å². The molecule has 3 N–H and O–H groups in total. The van der Waals surface area contributed by atoms with E-state index in [1.54, 1.807) is 0 Å². The predicted octanol–water partition coefficient (Wildman–Crippen LogP) is 4.54. The minimum absolute atomic E-state index is 0.0629. The number of fused-ring (bicyclic) bond motifs is 1. The van der Waals surface area contributed by atoms with Gasteiger partial charge in [-0.25, -0.2) is 27.1 Å². The lowest BCUT2D eigenvalue weighted by Crippen LogP contribution is -2.33. The van der Waals surface area contributed by atoms with Crippen LogP contribution in [0.1, 0.15) is 62.2 Å². The molecule has 2 heterocycles. The normalized spacial score (nSPS) is 17.0. The number of nitrogens with two attached hydrogens (primary N) is 1.